The zero-order valence-electron chi connectivity index (χ0n) is 15.9. The van der Waals surface area contributed by atoms with Gasteiger partial charge in [-0.3, -0.25) is 9.69 Å². The number of benzene rings is 3. The molecule has 0 saturated heterocycles. The number of nitrogens with zero attached hydrogens (tertiary/aromatic N) is 2. The highest BCUT2D eigenvalue weighted by Crippen LogP contribution is 2.29. The predicted octanol–water partition coefficient (Wildman–Crippen LogP) is 5.06. The molecule has 29 heavy (non-hydrogen) atoms. The molecule has 1 amide bonds. The third-order valence-electron chi connectivity index (χ3n) is 4.47. The van der Waals surface area contributed by atoms with Gasteiger partial charge in [0.25, 0.3) is 5.91 Å². The number of amides is 1. The van der Waals surface area contributed by atoms with Crippen LogP contribution < -0.4 is 9.64 Å². The van der Waals surface area contributed by atoms with Gasteiger partial charge in [-0.25, -0.2) is 9.38 Å². The SMILES string of the molecule is CCOc1ccc(N2C(=O)/C(=C\c3ccc(F)cc3)N=C2c2ccccc2)cc1. The van der Waals surface area contributed by atoms with E-state index in [1.807, 2.05) is 61.5 Å². The van der Waals surface area contributed by atoms with Crippen LogP contribution in [0.3, 0.4) is 0 Å². The fraction of sp³-hybridized carbons (Fsp3) is 0.0833. The lowest BCUT2D eigenvalue weighted by molar-refractivity contribution is -0.113. The van der Waals surface area contributed by atoms with Crippen molar-refractivity contribution in [2.24, 2.45) is 4.99 Å². The highest BCUT2D eigenvalue weighted by molar-refractivity contribution is 6.33. The molecule has 0 aliphatic carbocycles. The van der Waals surface area contributed by atoms with E-state index in [0.29, 0.717) is 29.4 Å². The molecule has 144 valence electrons. The maximum Gasteiger partial charge on any atom is 0.282 e. The van der Waals surface area contributed by atoms with Gasteiger partial charge in [-0.2, -0.15) is 0 Å². The highest BCUT2D eigenvalue weighted by Gasteiger charge is 2.32. The first-order chi connectivity index (χ1) is 14.2. The minimum absolute atomic E-state index is 0.239. The average molecular weight is 386 g/mol. The van der Waals surface area contributed by atoms with Crippen LogP contribution in [0.4, 0.5) is 10.1 Å². The van der Waals surface area contributed by atoms with Crippen LogP contribution in [-0.2, 0) is 4.79 Å². The summed E-state index contributed by atoms with van der Waals surface area (Å²) in [4.78, 5) is 19.4. The molecule has 0 bridgehead atoms. The second kappa shape index (κ2) is 8.10. The molecule has 0 radical (unpaired) electrons. The van der Waals surface area contributed by atoms with E-state index >= 15 is 0 Å². The minimum Gasteiger partial charge on any atom is -0.494 e. The number of amidine groups is 1. The Hall–Kier alpha value is -3.73. The molecule has 1 aliphatic heterocycles. The third-order valence-corrected chi connectivity index (χ3v) is 4.47. The Morgan fingerprint density at radius 3 is 2.31 bits per heavy atom. The van der Waals surface area contributed by atoms with E-state index in [0.717, 1.165) is 11.3 Å². The number of ether oxygens (including phenoxy) is 1. The molecule has 4 rings (SSSR count). The molecule has 1 aliphatic rings. The maximum absolute atomic E-state index is 13.2. The van der Waals surface area contributed by atoms with Gasteiger partial charge >= 0.3 is 0 Å². The summed E-state index contributed by atoms with van der Waals surface area (Å²) in [6.07, 6.45) is 1.67. The van der Waals surface area contributed by atoms with E-state index in [-0.39, 0.29) is 11.7 Å². The Kier molecular flexibility index (Phi) is 5.20. The normalized spacial score (nSPS) is 15.0. The predicted molar refractivity (Wildman–Crippen MR) is 112 cm³/mol. The first-order valence-electron chi connectivity index (χ1n) is 9.34. The molecular formula is C24H19FN2O2. The van der Waals surface area contributed by atoms with Crippen molar-refractivity contribution in [1.82, 2.24) is 0 Å². The summed E-state index contributed by atoms with van der Waals surface area (Å²) in [5.74, 6) is 0.725. The Labute approximate surface area is 168 Å². The molecule has 3 aromatic carbocycles. The van der Waals surface area contributed by atoms with Gasteiger partial charge in [0.1, 0.15) is 23.1 Å². The topological polar surface area (TPSA) is 41.9 Å². The van der Waals surface area contributed by atoms with Gasteiger partial charge in [0.2, 0.25) is 0 Å². The van der Waals surface area contributed by atoms with Crippen molar-refractivity contribution in [3.63, 3.8) is 0 Å². The summed E-state index contributed by atoms with van der Waals surface area (Å²) in [6.45, 7) is 2.49. The summed E-state index contributed by atoms with van der Waals surface area (Å²) in [5, 5.41) is 0. The smallest absolute Gasteiger partial charge is 0.282 e. The lowest BCUT2D eigenvalue weighted by Crippen LogP contribution is -2.32. The van der Waals surface area contributed by atoms with Gasteiger partial charge in [-0.1, -0.05) is 42.5 Å². The van der Waals surface area contributed by atoms with E-state index in [2.05, 4.69) is 4.99 Å². The minimum atomic E-state index is -0.325. The Bertz CT molecular complexity index is 1070. The fourth-order valence-electron chi connectivity index (χ4n) is 3.11. The van der Waals surface area contributed by atoms with Crippen LogP contribution in [0.2, 0.25) is 0 Å². The van der Waals surface area contributed by atoms with Crippen molar-refractivity contribution < 1.29 is 13.9 Å². The van der Waals surface area contributed by atoms with Gasteiger partial charge in [0, 0.05) is 5.56 Å². The van der Waals surface area contributed by atoms with E-state index in [4.69, 9.17) is 4.74 Å². The molecule has 0 saturated carbocycles. The van der Waals surface area contributed by atoms with E-state index < -0.39 is 0 Å². The second-order valence-corrected chi connectivity index (χ2v) is 6.45. The number of carbonyl (C=O) groups excluding carboxylic acids is 1. The molecule has 0 N–H and O–H groups in total. The van der Waals surface area contributed by atoms with Crippen molar-refractivity contribution >= 4 is 23.5 Å². The molecule has 0 unspecified atom stereocenters. The lowest BCUT2D eigenvalue weighted by atomic mass is 10.1. The number of carbonyl (C=O) groups is 1. The molecule has 1 heterocycles. The highest BCUT2D eigenvalue weighted by atomic mass is 19.1. The summed E-state index contributed by atoms with van der Waals surface area (Å²) < 4.78 is 18.7. The van der Waals surface area contributed by atoms with Crippen LogP contribution in [0.5, 0.6) is 5.75 Å². The number of hydrogen-bond donors (Lipinski definition) is 0. The molecule has 0 spiro atoms. The number of aliphatic imine (C=N–C) groups is 1. The molecule has 0 aromatic heterocycles. The molecule has 3 aromatic rings. The van der Waals surface area contributed by atoms with Crippen molar-refractivity contribution in [2.75, 3.05) is 11.5 Å². The van der Waals surface area contributed by atoms with Gasteiger partial charge in [-0.05, 0) is 55.0 Å². The zero-order valence-corrected chi connectivity index (χ0v) is 15.9. The number of halogens is 1. The number of rotatable bonds is 5. The first-order valence-corrected chi connectivity index (χ1v) is 9.34. The van der Waals surface area contributed by atoms with Gasteiger partial charge in [-0.15, -0.1) is 0 Å². The van der Waals surface area contributed by atoms with Gasteiger partial charge in [0.15, 0.2) is 0 Å². The largest absolute Gasteiger partial charge is 0.494 e. The zero-order chi connectivity index (χ0) is 20.2. The summed E-state index contributed by atoms with van der Waals surface area (Å²) in [6, 6.07) is 22.8. The van der Waals surface area contributed by atoms with Gasteiger partial charge < -0.3 is 4.74 Å². The van der Waals surface area contributed by atoms with Crippen LogP contribution >= 0.6 is 0 Å². The van der Waals surface area contributed by atoms with Crippen molar-refractivity contribution in [3.05, 3.63) is 102 Å². The lowest BCUT2D eigenvalue weighted by Gasteiger charge is -2.19. The second-order valence-electron chi connectivity index (χ2n) is 6.45. The maximum atomic E-state index is 13.2. The van der Waals surface area contributed by atoms with Crippen molar-refractivity contribution in [2.45, 2.75) is 6.92 Å². The summed E-state index contributed by atoms with van der Waals surface area (Å²) in [7, 11) is 0. The Morgan fingerprint density at radius 1 is 0.966 bits per heavy atom. The fourth-order valence-corrected chi connectivity index (χ4v) is 3.11. The van der Waals surface area contributed by atoms with Gasteiger partial charge in [0.05, 0.1) is 12.3 Å². The van der Waals surface area contributed by atoms with Crippen LogP contribution in [0.15, 0.2) is 89.6 Å². The Balaban J connectivity index is 1.76. The van der Waals surface area contributed by atoms with Crippen LogP contribution in [0, 0.1) is 5.82 Å². The summed E-state index contributed by atoms with van der Waals surface area (Å²) >= 11 is 0. The molecule has 4 nitrogen and oxygen atoms in total. The average Bonchev–Trinajstić information content (AvgIpc) is 3.07. The summed E-state index contributed by atoms with van der Waals surface area (Å²) in [5.41, 5.74) is 2.53. The van der Waals surface area contributed by atoms with Crippen molar-refractivity contribution in [3.8, 4) is 5.75 Å². The number of anilines is 1. The standard InChI is InChI=1S/C24H19FN2O2/c1-2-29-21-14-12-20(13-15-21)27-23(18-6-4-3-5-7-18)26-22(24(27)28)16-17-8-10-19(25)11-9-17/h3-16H,2H2,1H3/b22-16+. The van der Waals surface area contributed by atoms with Crippen LogP contribution in [0.1, 0.15) is 18.1 Å². The number of hydrogen-bond acceptors (Lipinski definition) is 3. The van der Waals surface area contributed by atoms with Crippen LogP contribution in [-0.4, -0.2) is 18.3 Å². The first kappa shape index (κ1) is 18.6. The molecule has 0 atom stereocenters. The molecule has 0 fully saturated rings. The molecule has 5 heteroatoms. The van der Waals surface area contributed by atoms with Crippen molar-refractivity contribution in [1.29, 1.82) is 0 Å². The third kappa shape index (κ3) is 3.94. The monoisotopic (exact) mass is 386 g/mol. The van der Waals surface area contributed by atoms with E-state index in [9.17, 15) is 9.18 Å². The Morgan fingerprint density at radius 2 is 1.66 bits per heavy atom. The quantitative estimate of drug-likeness (QED) is 0.575. The van der Waals surface area contributed by atoms with E-state index in [1.165, 1.54) is 12.1 Å². The van der Waals surface area contributed by atoms with E-state index in [1.54, 1.807) is 23.1 Å². The van der Waals surface area contributed by atoms with Crippen LogP contribution in [0.25, 0.3) is 6.08 Å². The molecular weight excluding hydrogens is 367 g/mol.